The molecule has 0 amide bonds. The minimum Gasteiger partial charge on any atom is -0.456 e. The average molecular weight is 246 g/mol. The Labute approximate surface area is 109 Å². The van der Waals surface area contributed by atoms with Gasteiger partial charge in [0.2, 0.25) is 0 Å². The van der Waals surface area contributed by atoms with Crippen molar-refractivity contribution in [2.24, 2.45) is 10.8 Å². The first-order chi connectivity index (χ1) is 8.22. The second-order valence-electron chi connectivity index (χ2n) is 6.90. The van der Waals surface area contributed by atoms with Crippen LogP contribution in [0.5, 0.6) is 0 Å². The smallest absolute Gasteiger partial charge is 0.311 e. The zero-order chi connectivity index (χ0) is 13.6. The maximum absolute atomic E-state index is 12.1. The van der Waals surface area contributed by atoms with Gasteiger partial charge in [0.05, 0.1) is 5.41 Å². The first-order valence-electron chi connectivity index (χ1n) is 6.51. The molecule has 0 N–H and O–H groups in total. The molecule has 0 spiro atoms. The highest BCUT2D eigenvalue weighted by Gasteiger charge is 2.42. The molecule has 0 saturated carbocycles. The Morgan fingerprint density at radius 3 is 2.50 bits per heavy atom. The van der Waals surface area contributed by atoms with E-state index in [1.54, 1.807) is 0 Å². The van der Waals surface area contributed by atoms with Crippen molar-refractivity contribution in [1.82, 2.24) is 0 Å². The molecule has 1 atom stereocenters. The Hall–Kier alpha value is -1.31. The Bertz CT molecular complexity index is 466. The van der Waals surface area contributed by atoms with Crippen LogP contribution in [0.15, 0.2) is 24.3 Å². The van der Waals surface area contributed by atoms with Crippen molar-refractivity contribution in [1.29, 1.82) is 0 Å². The summed E-state index contributed by atoms with van der Waals surface area (Å²) >= 11 is 0. The summed E-state index contributed by atoms with van der Waals surface area (Å²) in [4.78, 5) is 12.1. The van der Waals surface area contributed by atoms with Gasteiger partial charge in [-0.15, -0.1) is 0 Å². The average Bonchev–Trinajstić information content (AvgIpc) is 2.49. The maximum atomic E-state index is 12.1. The number of hydrogen-bond acceptors (Lipinski definition) is 2. The first-order valence-corrected chi connectivity index (χ1v) is 6.51. The second kappa shape index (κ2) is 4.11. The summed E-state index contributed by atoms with van der Waals surface area (Å²) in [6.45, 7) is 10.00. The number of rotatable bonds is 1. The molecule has 1 aliphatic rings. The fourth-order valence-corrected chi connectivity index (χ4v) is 2.46. The van der Waals surface area contributed by atoms with Crippen LogP contribution in [0.4, 0.5) is 0 Å². The molecule has 0 heterocycles. The molecule has 0 radical (unpaired) electrons. The SMILES string of the molecule is CC(C)(C)C(=O)O[C@H]1c2ccccc2CC1(C)C. The molecule has 18 heavy (non-hydrogen) atoms. The zero-order valence-electron chi connectivity index (χ0n) is 11.9. The number of ether oxygens (including phenoxy) is 1. The number of hydrogen-bond donors (Lipinski definition) is 0. The molecule has 0 aromatic heterocycles. The Morgan fingerprint density at radius 1 is 1.28 bits per heavy atom. The Morgan fingerprint density at radius 2 is 1.89 bits per heavy atom. The molecule has 0 saturated heterocycles. The molecule has 1 aromatic rings. The van der Waals surface area contributed by atoms with Crippen molar-refractivity contribution in [3.05, 3.63) is 35.4 Å². The van der Waals surface area contributed by atoms with Crippen molar-refractivity contribution in [2.75, 3.05) is 0 Å². The maximum Gasteiger partial charge on any atom is 0.311 e. The lowest BCUT2D eigenvalue weighted by Crippen LogP contribution is -2.29. The normalized spacial score (nSPS) is 21.5. The summed E-state index contributed by atoms with van der Waals surface area (Å²) < 4.78 is 5.78. The predicted octanol–water partition coefficient (Wildman–Crippen LogP) is 3.90. The minimum absolute atomic E-state index is 0.0232. The third kappa shape index (κ3) is 2.29. The number of esters is 1. The molecule has 2 nitrogen and oxygen atoms in total. The van der Waals surface area contributed by atoms with Gasteiger partial charge in [-0.25, -0.2) is 0 Å². The van der Waals surface area contributed by atoms with Crippen LogP contribution in [0.2, 0.25) is 0 Å². The van der Waals surface area contributed by atoms with Gasteiger partial charge in [0.15, 0.2) is 0 Å². The van der Waals surface area contributed by atoms with Crippen LogP contribution in [-0.4, -0.2) is 5.97 Å². The number of benzene rings is 1. The number of carbonyl (C=O) groups excluding carboxylic acids is 1. The van der Waals surface area contributed by atoms with E-state index in [9.17, 15) is 4.79 Å². The monoisotopic (exact) mass is 246 g/mol. The summed E-state index contributed by atoms with van der Waals surface area (Å²) in [5, 5.41) is 0. The van der Waals surface area contributed by atoms with Gasteiger partial charge in [-0.3, -0.25) is 4.79 Å². The second-order valence-corrected chi connectivity index (χ2v) is 6.90. The fourth-order valence-electron chi connectivity index (χ4n) is 2.46. The topological polar surface area (TPSA) is 26.3 Å². The standard InChI is InChI=1S/C16H22O2/c1-15(2,3)14(17)18-13-12-9-7-6-8-11(12)10-16(13,4)5/h6-9,13H,10H2,1-5H3/t13-/m0/s1. The molecular formula is C16H22O2. The van der Waals surface area contributed by atoms with E-state index in [0.29, 0.717) is 0 Å². The van der Waals surface area contributed by atoms with Gasteiger partial charge in [-0.2, -0.15) is 0 Å². The minimum atomic E-state index is -0.451. The van der Waals surface area contributed by atoms with Gasteiger partial charge in [-0.05, 0) is 38.3 Å². The van der Waals surface area contributed by atoms with E-state index < -0.39 is 5.41 Å². The highest BCUT2D eigenvalue weighted by molar-refractivity contribution is 5.75. The highest BCUT2D eigenvalue weighted by Crippen LogP contribution is 2.47. The summed E-state index contributed by atoms with van der Waals surface area (Å²) in [5.74, 6) is -0.128. The van der Waals surface area contributed by atoms with Crippen LogP contribution < -0.4 is 0 Å². The molecule has 0 fully saturated rings. The van der Waals surface area contributed by atoms with Crippen molar-refractivity contribution >= 4 is 5.97 Å². The van der Waals surface area contributed by atoms with Crippen molar-refractivity contribution in [3.63, 3.8) is 0 Å². The quantitative estimate of drug-likeness (QED) is 0.702. The molecule has 0 unspecified atom stereocenters. The third-order valence-corrected chi connectivity index (χ3v) is 3.53. The van der Waals surface area contributed by atoms with Crippen LogP contribution in [-0.2, 0) is 16.0 Å². The fraction of sp³-hybridized carbons (Fsp3) is 0.562. The van der Waals surface area contributed by atoms with Crippen LogP contribution in [0, 0.1) is 10.8 Å². The summed E-state index contributed by atoms with van der Waals surface area (Å²) in [5.41, 5.74) is 1.99. The van der Waals surface area contributed by atoms with E-state index in [2.05, 4.69) is 26.0 Å². The molecule has 98 valence electrons. The van der Waals surface area contributed by atoms with Crippen molar-refractivity contribution in [2.45, 2.75) is 47.1 Å². The van der Waals surface area contributed by atoms with Crippen LogP contribution >= 0.6 is 0 Å². The van der Waals surface area contributed by atoms with Crippen LogP contribution in [0.1, 0.15) is 51.8 Å². The van der Waals surface area contributed by atoms with Crippen molar-refractivity contribution < 1.29 is 9.53 Å². The molecule has 2 rings (SSSR count). The van der Waals surface area contributed by atoms with E-state index >= 15 is 0 Å². The summed E-state index contributed by atoms with van der Waals surface area (Å²) in [6, 6.07) is 8.26. The lowest BCUT2D eigenvalue weighted by molar-refractivity contribution is -0.164. The number of carbonyl (C=O) groups is 1. The van der Waals surface area contributed by atoms with Crippen LogP contribution in [0.25, 0.3) is 0 Å². The largest absolute Gasteiger partial charge is 0.456 e. The molecular weight excluding hydrogens is 224 g/mol. The lowest BCUT2D eigenvalue weighted by atomic mass is 9.87. The van der Waals surface area contributed by atoms with Gasteiger partial charge in [0, 0.05) is 5.41 Å². The molecule has 0 aliphatic heterocycles. The van der Waals surface area contributed by atoms with Gasteiger partial charge in [0.1, 0.15) is 6.10 Å². The van der Waals surface area contributed by atoms with Gasteiger partial charge >= 0.3 is 5.97 Å². The number of fused-ring (bicyclic) bond motifs is 1. The Balaban J connectivity index is 2.29. The van der Waals surface area contributed by atoms with E-state index in [0.717, 1.165) is 6.42 Å². The zero-order valence-corrected chi connectivity index (χ0v) is 11.9. The highest BCUT2D eigenvalue weighted by atomic mass is 16.5. The van der Waals surface area contributed by atoms with Crippen molar-refractivity contribution in [3.8, 4) is 0 Å². The summed E-state index contributed by atoms with van der Waals surface area (Å²) in [7, 11) is 0. The summed E-state index contributed by atoms with van der Waals surface area (Å²) in [6.07, 6.45) is 0.839. The predicted molar refractivity (Wildman–Crippen MR) is 72.2 cm³/mol. The Kier molecular flexibility index (Phi) is 3.00. The molecule has 0 bridgehead atoms. The van der Waals surface area contributed by atoms with Crippen LogP contribution in [0.3, 0.4) is 0 Å². The molecule has 1 aliphatic carbocycles. The first kappa shape index (κ1) is 13.1. The van der Waals surface area contributed by atoms with E-state index in [-0.39, 0.29) is 17.5 Å². The van der Waals surface area contributed by atoms with Gasteiger partial charge in [0.25, 0.3) is 0 Å². The van der Waals surface area contributed by atoms with E-state index in [1.807, 2.05) is 32.9 Å². The molecule has 1 aromatic carbocycles. The van der Waals surface area contributed by atoms with Gasteiger partial charge < -0.3 is 4.74 Å². The van der Waals surface area contributed by atoms with Gasteiger partial charge in [-0.1, -0.05) is 38.1 Å². The third-order valence-electron chi connectivity index (χ3n) is 3.53. The molecule has 2 heteroatoms. The lowest BCUT2D eigenvalue weighted by Gasteiger charge is -2.30. The van der Waals surface area contributed by atoms with E-state index in [4.69, 9.17) is 4.74 Å². The van der Waals surface area contributed by atoms with E-state index in [1.165, 1.54) is 11.1 Å².